The number of ether oxygens (including phenoxy) is 2. The number of rotatable bonds is 8. The lowest BCUT2D eigenvalue weighted by molar-refractivity contribution is 0.0508. The first-order chi connectivity index (χ1) is 11.5. The van der Waals surface area contributed by atoms with Gasteiger partial charge in [-0.15, -0.1) is 0 Å². The van der Waals surface area contributed by atoms with Crippen molar-refractivity contribution in [1.29, 1.82) is 0 Å². The summed E-state index contributed by atoms with van der Waals surface area (Å²) in [6.45, 7) is 6.61. The predicted molar refractivity (Wildman–Crippen MR) is 87.7 cm³/mol. The fraction of sp³-hybridized carbons (Fsp3) is 0.471. The van der Waals surface area contributed by atoms with Crippen LogP contribution in [0.5, 0.6) is 5.75 Å². The molecule has 7 nitrogen and oxygen atoms in total. The molecule has 1 N–H and O–H groups in total. The van der Waals surface area contributed by atoms with E-state index in [0.717, 1.165) is 11.3 Å². The Morgan fingerprint density at radius 1 is 1.29 bits per heavy atom. The molecule has 0 fully saturated rings. The van der Waals surface area contributed by atoms with Crippen molar-refractivity contribution in [3.8, 4) is 5.75 Å². The van der Waals surface area contributed by atoms with Gasteiger partial charge in [0.1, 0.15) is 5.75 Å². The molecule has 0 amide bonds. The molecule has 1 heterocycles. The van der Waals surface area contributed by atoms with Gasteiger partial charge in [0.25, 0.3) is 5.82 Å². The van der Waals surface area contributed by atoms with Crippen molar-refractivity contribution < 1.29 is 18.8 Å². The normalized spacial score (nSPS) is 12.2. The summed E-state index contributed by atoms with van der Waals surface area (Å²) in [4.78, 5) is 15.6. The predicted octanol–water partition coefficient (Wildman–Crippen LogP) is 2.74. The van der Waals surface area contributed by atoms with Crippen molar-refractivity contribution in [3.63, 3.8) is 0 Å². The van der Waals surface area contributed by atoms with E-state index in [1.54, 1.807) is 14.0 Å². The molecule has 1 unspecified atom stereocenters. The summed E-state index contributed by atoms with van der Waals surface area (Å²) < 4.78 is 15.1. The Labute approximate surface area is 141 Å². The summed E-state index contributed by atoms with van der Waals surface area (Å²) in [6.07, 6.45) is 0. The van der Waals surface area contributed by atoms with E-state index in [1.165, 1.54) is 0 Å². The van der Waals surface area contributed by atoms with Crippen LogP contribution < -0.4 is 10.1 Å². The molecule has 130 valence electrons. The van der Waals surface area contributed by atoms with Gasteiger partial charge in [-0.05, 0) is 35.7 Å². The topological polar surface area (TPSA) is 86.5 Å². The van der Waals surface area contributed by atoms with Gasteiger partial charge in [0, 0.05) is 6.04 Å². The lowest BCUT2D eigenvalue weighted by atomic mass is 9.96. The average molecular weight is 333 g/mol. The number of nitrogens with zero attached hydrogens (tertiary/aromatic N) is 2. The van der Waals surface area contributed by atoms with E-state index >= 15 is 0 Å². The van der Waals surface area contributed by atoms with Gasteiger partial charge in [-0.2, -0.15) is 4.98 Å². The number of benzene rings is 1. The lowest BCUT2D eigenvalue weighted by Gasteiger charge is -2.22. The van der Waals surface area contributed by atoms with Crippen LogP contribution in [0.1, 0.15) is 48.9 Å². The fourth-order valence-electron chi connectivity index (χ4n) is 2.35. The van der Waals surface area contributed by atoms with Gasteiger partial charge < -0.3 is 19.3 Å². The van der Waals surface area contributed by atoms with Gasteiger partial charge in [-0.3, -0.25) is 0 Å². The maximum Gasteiger partial charge on any atom is 0.379 e. The molecule has 0 aliphatic heterocycles. The van der Waals surface area contributed by atoms with Gasteiger partial charge >= 0.3 is 5.97 Å². The van der Waals surface area contributed by atoms with E-state index in [0.29, 0.717) is 18.4 Å². The molecular formula is C17H23N3O4. The smallest absolute Gasteiger partial charge is 0.379 e. The van der Waals surface area contributed by atoms with Crippen LogP contribution in [0.15, 0.2) is 28.8 Å². The zero-order valence-corrected chi connectivity index (χ0v) is 14.4. The highest BCUT2D eigenvalue weighted by atomic mass is 16.5. The largest absolute Gasteiger partial charge is 0.497 e. The van der Waals surface area contributed by atoms with Crippen LogP contribution in [-0.2, 0) is 11.3 Å². The van der Waals surface area contributed by atoms with E-state index in [2.05, 4.69) is 29.3 Å². The first-order valence-electron chi connectivity index (χ1n) is 7.92. The van der Waals surface area contributed by atoms with Gasteiger partial charge in [-0.25, -0.2) is 4.79 Å². The quantitative estimate of drug-likeness (QED) is 0.743. The van der Waals surface area contributed by atoms with Crippen LogP contribution in [0.3, 0.4) is 0 Å². The number of aromatic nitrogens is 2. The van der Waals surface area contributed by atoms with Gasteiger partial charge in [0.15, 0.2) is 0 Å². The summed E-state index contributed by atoms with van der Waals surface area (Å²) in [5.74, 6) is 0.877. The Kier molecular flexibility index (Phi) is 6.31. The minimum absolute atomic E-state index is 0.0563. The zero-order valence-electron chi connectivity index (χ0n) is 14.4. The first-order valence-corrected chi connectivity index (χ1v) is 7.92. The standard InChI is InChI=1S/C17H23N3O4/c1-5-23-17(21)16-19-14(24-20-16)10-18-15(11(2)3)12-6-8-13(22-4)9-7-12/h6-9,11,15,18H,5,10H2,1-4H3. The number of hydrogen-bond donors (Lipinski definition) is 1. The summed E-state index contributed by atoms with van der Waals surface area (Å²) in [7, 11) is 1.64. The molecule has 24 heavy (non-hydrogen) atoms. The molecule has 1 atom stereocenters. The van der Waals surface area contributed by atoms with Crippen LogP contribution in [0, 0.1) is 5.92 Å². The molecule has 0 saturated carbocycles. The number of nitrogens with one attached hydrogen (secondary N) is 1. The molecule has 2 rings (SSSR count). The van der Waals surface area contributed by atoms with Crippen LogP contribution in [0.25, 0.3) is 0 Å². The molecule has 0 saturated heterocycles. The SMILES string of the molecule is CCOC(=O)c1noc(CNC(c2ccc(OC)cc2)C(C)C)n1. The van der Waals surface area contributed by atoms with Gasteiger partial charge in [0.2, 0.25) is 5.89 Å². The minimum Gasteiger partial charge on any atom is -0.497 e. The van der Waals surface area contributed by atoms with Crippen LogP contribution in [0.4, 0.5) is 0 Å². The van der Waals surface area contributed by atoms with Crippen LogP contribution in [0.2, 0.25) is 0 Å². The Hall–Kier alpha value is -2.41. The van der Waals surface area contributed by atoms with E-state index in [-0.39, 0.29) is 18.5 Å². The fourth-order valence-corrected chi connectivity index (χ4v) is 2.35. The molecule has 0 radical (unpaired) electrons. The summed E-state index contributed by atoms with van der Waals surface area (Å²) in [6, 6.07) is 8.01. The lowest BCUT2D eigenvalue weighted by Crippen LogP contribution is -2.25. The molecule has 0 aliphatic carbocycles. The Balaban J connectivity index is 2.02. The van der Waals surface area contributed by atoms with Crippen molar-refractivity contribution in [2.45, 2.75) is 33.4 Å². The number of esters is 1. The summed E-state index contributed by atoms with van der Waals surface area (Å²) in [5.41, 5.74) is 1.14. The minimum atomic E-state index is -0.580. The average Bonchev–Trinajstić information content (AvgIpc) is 3.04. The molecular weight excluding hydrogens is 310 g/mol. The molecule has 7 heteroatoms. The highest BCUT2D eigenvalue weighted by Gasteiger charge is 2.19. The van der Waals surface area contributed by atoms with Crippen molar-refractivity contribution in [3.05, 3.63) is 41.5 Å². The first kappa shape index (κ1) is 17.9. The van der Waals surface area contributed by atoms with Crippen molar-refractivity contribution in [1.82, 2.24) is 15.5 Å². The number of carbonyl (C=O) groups excluding carboxylic acids is 1. The van der Waals surface area contributed by atoms with Crippen LogP contribution in [-0.4, -0.2) is 29.8 Å². The molecule has 0 aliphatic rings. The second kappa shape index (κ2) is 8.44. The molecule has 0 bridgehead atoms. The third-order valence-electron chi connectivity index (χ3n) is 3.54. The maximum absolute atomic E-state index is 11.5. The number of carbonyl (C=O) groups is 1. The molecule has 1 aromatic carbocycles. The van der Waals surface area contributed by atoms with E-state index in [4.69, 9.17) is 14.0 Å². The zero-order chi connectivity index (χ0) is 17.5. The monoisotopic (exact) mass is 333 g/mol. The highest BCUT2D eigenvalue weighted by molar-refractivity contribution is 5.84. The van der Waals surface area contributed by atoms with Crippen molar-refractivity contribution in [2.75, 3.05) is 13.7 Å². The highest BCUT2D eigenvalue weighted by Crippen LogP contribution is 2.24. The van der Waals surface area contributed by atoms with Crippen molar-refractivity contribution in [2.24, 2.45) is 5.92 Å². The maximum atomic E-state index is 11.5. The Morgan fingerprint density at radius 2 is 2.00 bits per heavy atom. The Morgan fingerprint density at radius 3 is 2.58 bits per heavy atom. The summed E-state index contributed by atoms with van der Waals surface area (Å²) >= 11 is 0. The van der Waals surface area contributed by atoms with Crippen LogP contribution >= 0.6 is 0 Å². The third-order valence-corrected chi connectivity index (χ3v) is 3.54. The molecule has 0 spiro atoms. The summed E-state index contributed by atoms with van der Waals surface area (Å²) in [5, 5.41) is 7.02. The second-order valence-corrected chi connectivity index (χ2v) is 5.61. The second-order valence-electron chi connectivity index (χ2n) is 5.61. The van der Waals surface area contributed by atoms with E-state index < -0.39 is 5.97 Å². The third kappa shape index (κ3) is 4.55. The van der Waals surface area contributed by atoms with Gasteiger partial charge in [0.05, 0.1) is 20.3 Å². The van der Waals surface area contributed by atoms with Gasteiger partial charge in [-0.1, -0.05) is 26.0 Å². The van der Waals surface area contributed by atoms with E-state index in [1.807, 2.05) is 24.3 Å². The number of hydrogen-bond acceptors (Lipinski definition) is 7. The van der Waals surface area contributed by atoms with E-state index in [9.17, 15) is 4.79 Å². The number of methoxy groups -OCH3 is 1. The van der Waals surface area contributed by atoms with Crippen molar-refractivity contribution >= 4 is 5.97 Å². The molecule has 2 aromatic rings. The Bertz CT molecular complexity index is 652. The molecule has 1 aromatic heterocycles.